The van der Waals surface area contributed by atoms with Crippen LogP contribution in [0.2, 0.25) is 0 Å². The molecule has 0 aromatic heterocycles. The summed E-state index contributed by atoms with van der Waals surface area (Å²) in [7, 11) is 0. The van der Waals surface area contributed by atoms with Gasteiger partial charge in [-0.05, 0) is 67.9 Å². The first kappa shape index (κ1) is 23.8. The molecule has 0 aliphatic carbocycles. The molecule has 1 N–H and O–H groups in total. The number of rotatable bonds is 7. The fourth-order valence-electron chi connectivity index (χ4n) is 3.39. The van der Waals surface area contributed by atoms with Gasteiger partial charge in [0.1, 0.15) is 18.9 Å². The molecule has 2 aromatic rings. The Labute approximate surface area is 199 Å². The molecule has 1 heterocycles. The van der Waals surface area contributed by atoms with Gasteiger partial charge in [-0.2, -0.15) is 0 Å². The number of hydrogen-bond acceptors (Lipinski definition) is 5. The number of anilines is 1. The van der Waals surface area contributed by atoms with Crippen LogP contribution in [0.15, 0.2) is 52.4 Å². The zero-order valence-corrected chi connectivity index (χ0v) is 20.4. The number of aryl methyl sites for hydroxylation is 3. The van der Waals surface area contributed by atoms with Crippen molar-refractivity contribution < 1.29 is 19.1 Å². The minimum atomic E-state index is -0.512. The van der Waals surface area contributed by atoms with Crippen molar-refractivity contribution in [3.63, 3.8) is 0 Å². The lowest BCUT2D eigenvalue weighted by molar-refractivity contribution is -0.127. The number of nitrogens with zero attached hydrogens (tertiary/aromatic N) is 1. The summed E-state index contributed by atoms with van der Waals surface area (Å²) in [5.74, 6) is -0.383. The molecule has 1 aliphatic rings. The minimum absolute atomic E-state index is 0.229. The van der Waals surface area contributed by atoms with E-state index in [0.717, 1.165) is 37.8 Å². The van der Waals surface area contributed by atoms with Crippen LogP contribution in [0.5, 0.6) is 5.75 Å². The van der Waals surface area contributed by atoms with Crippen molar-refractivity contribution in [2.45, 2.75) is 20.8 Å². The fourth-order valence-corrected chi connectivity index (χ4v) is 4.60. The molecule has 0 atom stereocenters. The van der Waals surface area contributed by atoms with E-state index in [4.69, 9.17) is 4.74 Å². The molecule has 6 nitrogen and oxygen atoms in total. The van der Waals surface area contributed by atoms with Crippen molar-refractivity contribution in [3.8, 4) is 5.75 Å². The van der Waals surface area contributed by atoms with Gasteiger partial charge in [0.25, 0.3) is 11.1 Å². The largest absolute Gasteiger partial charge is 0.489 e. The van der Waals surface area contributed by atoms with E-state index in [9.17, 15) is 14.4 Å². The van der Waals surface area contributed by atoms with Crippen LogP contribution in [0.4, 0.5) is 10.5 Å². The molecule has 0 bridgehead atoms. The Kier molecular flexibility index (Phi) is 7.58. The van der Waals surface area contributed by atoms with Crippen LogP contribution in [0.1, 0.15) is 22.3 Å². The number of carbonyl (C=O) groups excluding carboxylic acids is 3. The molecule has 0 saturated carbocycles. The number of amides is 3. The predicted octanol–water partition coefficient (Wildman–Crippen LogP) is 5.61. The summed E-state index contributed by atoms with van der Waals surface area (Å²) in [5.41, 5.74) is 4.28. The molecule has 1 aliphatic heterocycles. The molecule has 1 saturated heterocycles. The maximum atomic E-state index is 12.9. The van der Waals surface area contributed by atoms with Gasteiger partial charge in [-0.15, -0.1) is 0 Å². The number of nitrogens with one attached hydrogen (secondary N) is 1. The summed E-state index contributed by atoms with van der Waals surface area (Å²) in [6.45, 7) is 9.38. The Morgan fingerprint density at radius 2 is 1.88 bits per heavy atom. The lowest BCUT2D eigenvalue weighted by Gasteiger charge is -2.16. The molecular weight excluding hydrogens is 492 g/mol. The predicted molar refractivity (Wildman–Crippen MR) is 132 cm³/mol. The minimum Gasteiger partial charge on any atom is -0.489 e. The van der Waals surface area contributed by atoms with E-state index < -0.39 is 17.1 Å². The second kappa shape index (κ2) is 10.2. The first-order valence-electron chi connectivity index (χ1n) is 9.86. The van der Waals surface area contributed by atoms with E-state index in [1.807, 2.05) is 39.0 Å². The van der Waals surface area contributed by atoms with Gasteiger partial charge in [0.2, 0.25) is 5.91 Å². The Bertz CT molecular complexity index is 1120. The summed E-state index contributed by atoms with van der Waals surface area (Å²) in [6.07, 6.45) is 3.22. The second-order valence-corrected chi connectivity index (χ2v) is 9.28. The maximum Gasteiger partial charge on any atom is 0.294 e. The fraction of sp³-hybridized carbons (Fsp3) is 0.208. The zero-order valence-electron chi connectivity index (χ0n) is 18.0. The van der Waals surface area contributed by atoms with Crippen LogP contribution < -0.4 is 10.1 Å². The standard InChI is InChI=1S/C24H23BrN2O4S/c1-5-8-31-19-7-6-18(25)11-17(19)12-20-23(29)27(24(30)32-20)13-21(28)26-22-15(3)9-14(2)10-16(22)4/h5-7,9-12H,1,8,13H2,2-4H3,(H,26,28)/b20-12+. The van der Waals surface area contributed by atoms with Crippen LogP contribution in [0, 0.1) is 20.8 Å². The first-order chi connectivity index (χ1) is 15.2. The van der Waals surface area contributed by atoms with Crippen LogP contribution in [0.3, 0.4) is 0 Å². The number of benzene rings is 2. The lowest BCUT2D eigenvalue weighted by atomic mass is 10.1. The van der Waals surface area contributed by atoms with Gasteiger partial charge in [-0.1, -0.05) is 46.3 Å². The van der Waals surface area contributed by atoms with E-state index in [1.54, 1.807) is 24.3 Å². The highest BCUT2D eigenvalue weighted by Crippen LogP contribution is 2.35. The Balaban J connectivity index is 1.77. The second-order valence-electron chi connectivity index (χ2n) is 7.37. The van der Waals surface area contributed by atoms with E-state index in [-0.39, 0.29) is 11.4 Å². The van der Waals surface area contributed by atoms with Gasteiger partial charge in [0.15, 0.2) is 0 Å². The third-order valence-electron chi connectivity index (χ3n) is 4.73. The summed E-state index contributed by atoms with van der Waals surface area (Å²) in [4.78, 5) is 39.1. The van der Waals surface area contributed by atoms with Crippen molar-refractivity contribution in [1.82, 2.24) is 4.90 Å². The van der Waals surface area contributed by atoms with Crippen LogP contribution in [-0.4, -0.2) is 35.1 Å². The molecular formula is C24H23BrN2O4S. The van der Waals surface area contributed by atoms with Gasteiger partial charge in [0, 0.05) is 15.7 Å². The molecule has 1 fully saturated rings. The monoisotopic (exact) mass is 514 g/mol. The zero-order chi connectivity index (χ0) is 23.4. The Morgan fingerprint density at radius 3 is 2.53 bits per heavy atom. The number of carbonyl (C=O) groups is 3. The molecule has 32 heavy (non-hydrogen) atoms. The molecule has 3 amide bonds. The molecule has 8 heteroatoms. The van der Waals surface area contributed by atoms with Gasteiger partial charge in [-0.3, -0.25) is 19.3 Å². The third kappa shape index (κ3) is 5.49. The number of thioether (sulfide) groups is 1. The van der Waals surface area contributed by atoms with Crippen molar-refractivity contribution in [3.05, 3.63) is 74.6 Å². The van der Waals surface area contributed by atoms with E-state index in [1.165, 1.54) is 0 Å². The molecule has 0 spiro atoms. The molecule has 2 aromatic carbocycles. The van der Waals surface area contributed by atoms with Crippen molar-refractivity contribution in [2.75, 3.05) is 18.5 Å². The smallest absolute Gasteiger partial charge is 0.294 e. The maximum absolute atomic E-state index is 12.9. The quantitative estimate of drug-likeness (QED) is 0.383. The summed E-state index contributed by atoms with van der Waals surface area (Å²) < 4.78 is 6.44. The third-order valence-corrected chi connectivity index (χ3v) is 6.13. The number of ether oxygens (including phenoxy) is 1. The number of hydrogen-bond donors (Lipinski definition) is 1. The highest BCUT2D eigenvalue weighted by atomic mass is 79.9. The average molecular weight is 515 g/mol. The average Bonchev–Trinajstić information content (AvgIpc) is 2.97. The van der Waals surface area contributed by atoms with Gasteiger partial charge in [-0.25, -0.2) is 0 Å². The van der Waals surface area contributed by atoms with E-state index in [0.29, 0.717) is 23.6 Å². The molecule has 166 valence electrons. The van der Waals surface area contributed by atoms with Gasteiger partial charge in [0.05, 0.1) is 4.91 Å². The van der Waals surface area contributed by atoms with Crippen LogP contribution in [0.25, 0.3) is 6.08 Å². The first-order valence-corrected chi connectivity index (χ1v) is 11.5. The summed E-state index contributed by atoms with van der Waals surface area (Å²) in [5, 5.41) is 2.34. The van der Waals surface area contributed by atoms with Gasteiger partial charge < -0.3 is 10.1 Å². The lowest BCUT2D eigenvalue weighted by Crippen LogP contribution is -2.36. The van der Waals surface area contributed by atoms with E-state index in [2.05, 4.69) is 27.8 Å². The van der Waals surface area contributed by atoms with Gasteiger partial charge >= 0.3 is 0 Å². The van der Waals surface area contributed by atoms with Crippen molar-refractivity contribution >= 4 is 56.5 Å². The Hall–Kier alpha value is -2.84. The Morgan fingerprint density at radius 1 is 1.19 bits per heavy atom. The highest BCUT2D eigenvalue weighted by Gasteiger charge is 2.36. The summed E-state index contributed by atoms with van der Waals surface area (Å²) in [6, 6.07) is 9.32. The summed E-state index contributed by atoms with van der Waals surface area (Å²) >= 11 is 4.21. The molecule has 0 unspecified atom stereocenters. The number of imide groups is 1. The SMILES string of the molecule is C=CCOc1ccc(Br)cc1/C=C1/SC(=O)N(CC(=O)Nc2c(C)cc(C)cc2C)C1=O. The van der Waals surface area contributed by atoms with Crippen molar-refractivity contribution in [2.24, 2.45) is 0 Å². The topological polar surface area (TPSA) is 75.7 Å². The normalized spacial score (nSPS) is 14.8. The molecule has 3 rings (SSSR count). The van der Waals surface area contributed by atoms with Crippen molar-refractivity contribution in [1.29, 1.82) is 0 Å². The van der Waals surface area contributed by atoms with Crippen LogP contribution >= 0.6 is 27.7 Å². The molecule has 0 radical (unpaired) electrons. The van der Waals surface area contributed by atoms with E-state index >= 15 is 0 Å². The number of halogens is 1. The highest BCUT2D eigenvalue weighted by molar-refractivity contribution is 9.10. The van der Waals surface area contributed by atoms with Crippen LogP contribution in [-0.2, 0) is 9.59 Å².